The fourth-order valence-corrected chi connectivity index (χ4v) is 4.51. The van der Waals surface area contributed by atoms with Crippen molar-refractivity contribution in [2.24, 2.45) is 17.0 Å². The van der Waals surface area contributed by atoms with Crippen LogP contribution >= 0.6 is 0 Å². The van der Waals surface area contributed by atoms with Gasteiger partial charge in [-0.2, -0.15) is 5.10 Å². The van der Waals surface area contributed by atoms with E-state index in [9.17, 15) is 9.90 Å². The Morgan fingerprint density at radius 3 is 2.92 bits per heavy atom. The minimum Gasteiger partial charge on any atom is -0.497 e. The van der Waals surface area contributed by atoms with Crippen molar-refractivity contribution in [3.63, 3.8) is 0 Å². The minimum atomic E-state index is -0.689. The normalized spacial score (nSPS) is 20.5. The zero-order chi connectivity index (χ0) is 26.6. The second kappa shape index (κ2) is 11.0. The SMILES string of the molecule is CCOC(=O)Cn1cc(CN(C2=CCC3N=CC(c4cnn(C)c4)=NC3=C2)C2=CC(OC)=CC(O)C2)nn1. The van der Waals surface area contributed by atoms with Crippen LogP contribution in [0.15, 0.2) is 75.7 Å². The van der Waals surface area contributed by atoms with E-state index < -0.39 is 6.10 Å². The number of hydrogen-bond donors (Lipinski definition) is 1. The van der Waals surface area contributed by atoms with Crippen LogP contribution in [0, 0.1) is 0 Å². The molecule has 1 aliphatic heterocycles. The number of aliphatic hydroxyl groups is 1. The molecule has 0 fully saturated rings. The van der Waals surface area contributed by atoms with Gasteiger partial charge < -0.3 is 19.5 Å². The Morgan fingerprint density at radius 1 is 1.29 bits per heavy atom. The third-order valence-electron chi connectivity index (χ3n) is 6.29. The molecular weight excluding hydrogens is 488 g/mol. The van der Waals surface area contributed by atoms with Gasteiger partial charge in [-0.1, -0.05) is 11.3 Å². The van der Waals surface area contributed by atoms with Gasteiger partial charge in [0.2, 0.25) is 0 Å². The predicted octanol–water partition coefficient (Wildman–Crippen LogP) is 1.67. The fraction of sp³-hybridized carbons (Fsp3) is 0.385. The number of carbonyl (C=O) groups is 1. The van der Waals surface area contributed by atoms with E-state index in [-0.39, 0.29) is 18.6 Å². The van der Waals surface area contributed by atoms with Crippen molar-refractivity contribution in [1.82, 2.24) is 29.7 Å². The zero-order valence-corrected chi connectivity index (χ0v) is 21.6. The van der Waals surface area contributed by atoms with Crippen molar-refractivity contribution >= 4 is 17.9 Å². The van der Waals surface area contributed by atoms with Crippen molar-refractivity contribution in [3.05, 3.63) is 77.0 Å². The minimum absolute atomic E-state index is 0.0168. The van der Waals surface area contributed by atoms with Crippen LogP contribution in [0.1, 0.15) is 31.0 Å². The first-order chi connectivity index (χ1) is 18.4. The van der Waals surface area contributed by atoms with Crippen LogP contribution < -0.4 is 0 Å². The summed E-state index contributed by atoms with van der Waals surface area (Å²) in [7, 11) is 3.44. The lowest BCUT2D eigenvalue weighted by molar-refractivity contribution is -0.144. The summed E-state index contributed by atoms with van der Waals surface area (Å²) in [5.41, 5.74) is 4.91. The van der Waals surface area contributed by atoms with Gasteiger partial charge in [-0.25, -0.2) is 9.67 Å². The number of carbonyl (C=O) groups excluding carboxylic acids is 1. The summed E-state index contributed by atoms with van der Waals surface area (Å²) in [6, 6.07) is -0.0631. The van der Waals surface area contributed by atoms with E-state index in [1.165, 1.54) is 4.68 Å². The lowest BCUT2D eigenvalue weighted by Gasteiger charge is -2.33. The highest BCUT2D eigenvalue weighted by molar-refractivity contribution is 6.38. The maximum absolute atomic E-state index is 11.9. The van der Waals surface area contributed by atoms with Gasteiger partial charge in [-0.15, -0.1) is 5.10 Å². The van der Waals surface area contributed by atoms with Crippen molar-refractivity contribution in [2.75, 3.05) is 13.7 Å². The predicted molar refractivity (Wildman–Crippen MR) is 139 cm³/mol. The number of fused-ring (bicyclic) bond motifs is 1. The van der Waals surface area contributed by atoms with E-state index in [2.05, 4.69) is 26.4 Å². The molecule has 12 heteroatoms. The zero-order valence-electron chi connectivity index (χ0n) is 21.6. The maximum atomic E-state index is 11.9. The Kier molecular flexibility index (Phi) is 7.31. The monoisotopic (exact) mass is 518 g/mol. The molecule has 2 atom stereocenters. The van der Waals surface area contributed by atoms with Crippen LogP contribution in [0.3, 0.4) is 0 Å². The van der Waals surface area contributed by atoms with Gasteiger partial charge in [-0.3, -0.25) is 14.5 Å². The summed E-state index contributed by atoms with van der Waals surface area (Å²) >= 11 is 0. The highest BCUT2D eigenvalue weighted by Crippen LogP contribution is 2.32. The van der Waals surface area contributed by atoms with E-state index in [1.54, 1.807) is 43.4 Å². The van der Waals surface area contributed by atoms with Crippen LogP contribution in [0.2, 0.25) is 0 Å². The number of methoxy groups -OCH3 is 1. The number of esters is 1. The smallest absolute Gasteiger partial charge is 0.327 e. The molecule has 3 heterocycles. The Labute approximate surface area is 220 Å². The van der Waals surface area contributed by atoms with Crippen LogP contribution in [0.5, 0.6) is 0 Å². The Balaban J connectivity index is 1.45. The molecule has 2 unspecified atom stereocenters. The quantitative estimate of drug-likeness (QED) is 0.496. The van der Waals surface area contributed by atoms with E-state index in [4.69, 9.17) is 19.5 Å². The van der Waals surface area contributed by atoms with Gasteiger partial charge in [0.05, 0.1) is 56.2 Å². The summed E-state index contributed by atoms with van der Waals surface area (Å²) in [6.45, 7) is 2.41. The topological polar surface area (TPSA) is 132 Å². The van der Waals surface area contributed by atoms with Gasteiger partial charge in [0.25, 0.3) is 0 Å². The number of ether oxygens (including phenoxy) is 2. The standard InChI is InChI=1S/C26H30N8O4/c1-4-38-26(36)16-33-14-18(30-31-33)15-34(20-7-21(35)10-22(8-20)37-3)19-5-6-23-24(9-19)29-25(12-27-23)17-11-28-32(2)13-17/h5,8-14,21,23,35H,4,6-7,15-16H2,1-3H3. The molecule has 5 rings (SSSR count). The molecule has 12 nitrogen and oxygen atoms in total. The summed E-state index contributed by atoms with van der Waals surface area (Å²) in [4.78, 5) is 23.6. The lowest BCUT2D eigenvalue weighted by Crippen LogP contribution is -2.29. The number of hydrogen-bond acceptors (Lipinski definition) is 10. The van der Waals surface area contributed by atoms with Crippen LogP contribution in [-0.2, 0) is 34.4 Å². The number of nitrogens with zero attached hydrogens (tertiary/aromatic N) is 8. The molecule has 1 N–H and O–H groups in total. The largest absolute Gasteiger partial charge is 0.497 e. The summed E-state index contributed by atoms with van der Waals surface area (Å²) in [5.74, 6) is 0.204. The van der Waals surface area contributed by atoms with Crippen molar-refractivity contribution in [3.8, 4) is 0 Å². The number of aliphatic hydroxyl groups excluding tert-OH is 1. The molecule has 0 radical (unpaired) electrons. The third-order valence-corrected chi connectivity index (χ3v) is 6.29. The fourth-order valence-electron chi connectivity index (χ4n) is 4.51. The average Bonchev–Trinajstić information content (AvgIpc) is 3.54. The number of allylic oxidation sites excluding steroid dienone is 2. The second-order valence-electron chi connectivity index (χ2n) is 9.11. The highest BCUT2D eigenvalue weighted by Gasteiger charge is 2.27. The maximum Gasteiger partial charge on any atom is 0.327 e. The molecule has 0 bridgehead atoms. The molecular formula is C26H30N8O4. The van der Waals surface area contributed by atoms with E-state index >= 15 is 0 Å². The van der Waals surface area contributed by atoms with Crippen LogP contribution in [0.25, 0.3) is 0 Å². The van der Waals surface area contributed by atoms with E-state index in [1.807, 2.05) is 25.4 Å². The molecule has 198 valence electrons. The molecule has 0 amide bonds. The summed E-state index contributed by atoms with van der Waals surface area (Å²) in [5, 5.41) is 23.1. The molecule has 0 saturated heterocycles. The molecule has 2 aromatic rings. The summed E-state index contributed by atoms with van der Waals surface area (Å²) < 4.78 is 13.6. The van der Waals surface area contributed by atoms with E-state index in [0.717, 1.165) is 28.4 Å². The lowest BCUT2D eigenvalue weighted by atomic mass is 9.99. The Morgan fingerprint density at radius 2 is 2.16 bits per heavy atom. The molecule has 2 aromatic heterocycles. The first-order valence-corrected chi connectivity index (χ1v) is 12.4. The molecule has 3 aliphatic rings. The highest BCUT2D eigenvalue weighted by atomic mass is 16.5. The third kappa shape index (κ3) is 5.65. The van der Waals surface area contributed by atoms with Gasteiger partial charge in [-0.05, 0) is 31.6 Å². The Hall–Kier alpha value is -4.32. The van der Waals surface area contributed by atoms with Crippen molar-refractivity contribution in [1.29, 1.82) is 0 Å². The van der Waals surface area contributed by atoms with Crippen molar-refractivity contribution in [2.45, 2.75) is 45.0 Å². The van der Waals surface area contributed by atoms with Gasteiger partial charge in [0.1, 0.15) is 18.0 Å². The van der Waals surface area contributed by atoms with Gasteiger partial charge in [0, 0.05) is 42.8 Å². The molecule has 0 spiro atoms. The first-order valence-electron chi connectivity index (χ1n) is 12.4. The number of aromatic nitrogens is 5. The molecule has 38 heavy (non-hydrogen) atoms. The molecule has 2 aliphatic carbocycles. The number of rotatable bonds is 9. The summed E-state index contributed by atoms with van der Waals surface area (Å²) in [6.07, 6.45) is 15.3. The average molecular weight is 519 g/mol. The van der Waals surface area contributed by atoms with E-state index in [0.29, 0.717) is 37.4 Å². The molecule has 0 saturated carbocycles. The second-order valence-corrected chi connectivity index (χ2v) is 9.11. The van der Waals surface area contributed by atoms with Crippen LogP contribution in [0.4, 0.5) is 0 Å². The number of aryl methyl sites for hydroxylation is 1. The first kappa shape index (κ1) is 25.3. The molecule has 0 aromatic carbocycles. The van der Waals surface area contributed by atoms with Crippen LogP contribution in [-0.4, -0.2) is 78.5 Å². The van der Waals surface area contributed by atoms with Gasteiger partial charge >= 0.3 is 5.97 Å². The Bertz CT molecular complexity index is 1390. The van der Waals surface area contributed by atoms with Crippen molar-refractivity contribution < 1.29 is 19.4 Å². The number of aliphatic imine (C=N–C) groups is 2. The van der Waals surface area contributed by atoms with Gasteiger partial charge in [0.15, 0.2) is 0 Å².